The number of esters is 1. The third-order valence-corrected chi connectivity index (χ3v) is 2.34. The number of hydrogen-bond donors (Lipinski definition) is 2. The minimum Gasteiger partial charge on any atom is -0.504 e. The lowest BCUT2D eigenvalue weighted by molar-refractivity contribution is -0.143. The molecule has 5 nitrogen and oxygen atoms in total. The zero-order valence-corrected chi connectivity index (χ0v) is 11.2. The Bertz CT molecular complexity index is 398. The first-order valence-electron chi connectivity index (χ1n) is 5.37. The van der Waals surface area contributed by atoms with E-state index in [0.717, 1.165) is 0 Å². The van der Waals surface area contributed by atoms with Crippen LogP contribution in [0.2, 0.25) is 0 Å². The first-order valence-corrected chi connectivity index (χ1v) is 5.37. The van der Waals surface area contributed by atoms with Gasteiger partial charge in [0, 0.05) is 11.6 Å². The fourth-order valence-electron chi connectivity index (χ4n) is 1.51. The van der Waals surface area contributed by atoms with Gasteiger partial charge in [0.05, 0.1) is 20.1 Å². The third kappa shape index (κ3) is 4.09. The van der Waals surface area contributed by atoms with Crippen molar-refractivity contribution in [1.82, 2.24) is 0 Å². The van der Waals surface area contributed by atoms with Crippen LogP contribution in [-0.2, 0) is 9.53 Å². The summed E-state index contributed by atoms with van der Waals surface area (Å²) in [5.41, 5.74) is 6.30. The highest BCUT2D eigenvalue weighted by atomic mass is 35.5. The second kappa shape index (κ2) is 7.79. The van der Waals surface area contributed by atoms with Crippen molar-refractivity contribution in [3.63, 3.8) is 0 Å². The number of halogens is 1. The van der Waals surface area contributed by atoms with Gasteiger partial charge >= 0.3 is 5.97 Å². The SMILES string of the molecule is CCOC(=O)C[C@H](N)c1cccc(OC)c1O.Cl. The van der Waals surface area contributed by atoms with Crippen LogP contribution in [-0.4, -0.2) is 24.8 Å². The van der Waals surface area contributed by atoms with E-state index in [-0.39, 0.29) is 30.5 Å². The fraction of sp³-hybridized carbons (Fsp3) is 0.417. The van der Waals surface area contributed by atoms with Gasteiger partial charge in [-0.05, 0) is 13.0 Å². The van der Waals surface area contributed by atoms with E-state index in [9.17, 15) is 9.90 Å². The zero-order chi connectivity index (χ0) is 12.8. The quantitative estimate of drug-likeness (QED) is 0.801. The molecule has 0 saturated heterocycles. The molecule has 1 aromatic rings. The Balaban J connectivity index is 0.00000289. The lowest BCUT2D eigenvalue weighted by Crippen LogP contribution is -2.17. The van der Waals surface area contributed by atoms with E-state index in [1.54, 1.807) is 25.1 Å². The molecule has 1 atom stereocenters. The van der Waals surface area contributed by atoms with E-state index in [0.29, 0.717) is 17.9 Å². The molecule has 1 rings (SSSR count). The van der Waals surface area contributed by atoms with Crippen LogP contribution in [0.15, 0.2) is 18.2 Å². The summed E-state index contributed by atoms with van der Waals surface area (Å²) in [5, 5.41) is 9.84. The van der Waals surface area contributed by atoms with E-state index in [1.807, 2.05) is 0 Å². The van der Waals surface area contributed by atoms with Crippen molar-refractivity contribution in [2.45, 2.75) is 19.4 Å². The summed E-state index contributed by atoms with van der Waals surface area (Å²) in [5.74, 6) is -0.0872. The number of benzene rings is 1. The number of hydrogen-bond acceptors (Lipinski definition) is 5. The van der Waals surface area contributed by atoms with Crippen molar-refractivity contribution in [3.05, 3.63) is 23.8 Å². The van der Waals surface area contributed by atoms with Crippen molar-refractivity contribution < 1.29 is 19.4 Å². The van der Waals surface area contributed by atoms with Crippen LogP contribution in [0.5, 0.6) is 11.5 Å². The second-order valence-corrected chi connectivity index (χ2v) is 3.51. The van der Waals surface area contributed by atoms with Gasteiger partial charge < -0.3 is 20.3 Å². The van der Waals surface area contributed by atoms with Crippen LogP contribution in [0.1, 0.15) is 24.9 Å². The Hall–Kier alpha value is -1.46. The lowest BCUT2D eigenvalue weighted by Gasteiger charge is -2.14. The van der Waals surface area contributed by atoms with Crippen LogP contribution in [0.4, 0.5) is 0 Å². The van der Waals surface area contributed by atoms with Gasteiger partial charge in [0.1, 0.15) is 0 Å². The smallest absolute Gasteiger partial charge is 0.307 e. The molecule has 6 heteroatoms. The lowest BCUT2D eigenvalue weighted by atomic mass is 10.0. The maximum atomic E-state index is 11.3. The maximum Gasteiger partial charge on any atom is 0.307 e. The first-order chi connectivity index (χ1) is 8.10. The number of phenolic OH excluding ortho intramolecular Hbond substituents is 1. The van der Waals surface area contributed by atoms with Gasteiger partial charge in [-0.15, -0.1) is 12.4 Å². The molecule has 0 bridgehead atoms. The van der Waals surface area contributed by atoms with Crippen LogP contribution in [0, 0.1) is 0 Å². The molecule has 0 saturated carbocycles. The Morgan fingerprint density at radius 2 is 2.17 bits per heavy atom. The van der Waals surface area contributed by atoms with E-state index in [1.165, 1.54) is 7.11 Å². The normalized spacial score (nSPS) is 11.3. The molecule has 0 radical (unpaired) electrons. The minimum atomic E-state index is -0.607. The van der Waals surface area contributed by atoms with Gasteiger partial charge in [-0.1, -0.05) is 12.1 Å². The summed E-state index contributed by atoms with van der Waals surface area (Å²) < 4.78 is 9.77. The minimum absolute atomic E-state index is 0. The van der Waals surface area contributed by atoms with Gasteiger partial charge in [0.2, 0.25) is 0 Å². The molecule has 0 amide bonds. The van der Waals surface area contributed by atoms with E-state index >= 15 is 0 Å². The molecule has 0 aliphatic heterocycles. The fourth-order valence-corrected chi connectivity index (χ4v) is 1.51. The van der Waals surface area contributed by atoms with Crippen LogP contribution in [0.3, 0.4) is 0 Å². The molecule has 3 N–H and O–H groups in total. The average Bonchev–Trinajstić information content (AvgIpc) is 2.29. The van der Waals surface area contributed by atoms with Crippen LogP contribution < -0.4 is 10.5 Å². The average molecular weight is 276 g/mol. The number of ether oxygens (including phenoxy) is 2. The molecule has 0 aromatic heterocycles. The molecule has 102 valence electrons. The summed E-state index contributed by atoms with van der Waals surface area (Å²) in [6.45, 7) is 2.04. The molecule has 0 unspecified atom stereocenters. The Morgan fingerprint density at radius 3 is 2.72 bits per heavy atom. The molecular formula is C12H18ClNO4. The number of carbonyl (C=O) groups is 1. The van der Waals surface area contributed by atoms with E-state index in [4.69, 9.17) is 15.2 Å². The summed E-state index contributed by atoms with van der Waals surface area (Å²) in [6.07, 6.45) is 0.0224. The molecule has 1 aromatic carbocycles. The monoisotopic (exact) mass is 275 g/mol. The number of phenols is 1. The Morgan fingerprint density at radius 1 is 1.50 bits per heavy atom. The van der Waals surface area contributed by atoms with Gasteiger partial charge in [-0.2, -0.15) is 0 Å². The van der Waals surface area contributed by atoms with Gasteiger partial charge in [-0.25, -0.2) is 0 Å². The molecule has 0 aliphatic rings. The Labute approximate surface area is 112 Å². The molecule has 0 spiro atoms. The van der Waals surface area contributed by atoms with Gasteiger partial charge in [0.25, 0.3) is 0 Å². The number of aromatic hydroxyl groups is 1. The standard InChI is InChI=1S/C12H17NO4.ClH/c1-3-17-11(14)7-9(13)8-5-4-6-10(16-2)12(8)15;/h4-6,9,15H,3,7,13H2,1-2H3;1H/t9-;/m0./s1. The number of rotatable bonds is 5. The van der Waals surface area contributed by atoms with E-state index in [2.05, 4.69) is 0 Å². The maximum absolute atomic E-state index is 11.3. The zero-order valence-electron chi connectivity index (χ0n) is 10.4. The number of para-hydroxylation sites is 1. The molecule has 0 aliphatic carbocycles. The summed E-state index contributed by atoms with van der Waals surface area (Å²) in [4.78, 5) is 11.3. The van der Waals surface area contributed by atoms with E-state index < -0.39 is 6.04 Å². The number of methoxy groups -OCH3 is 1. The second-order valence-electron chi connectivity index (χ2n) is 3.51. The molecular weight excluding hydrogens is 258 g/mol. The van der Waals surface area contributed by atoms with Crippen molar-refractivity contribution in [3.8, 4) is 11.5 Å². The predicted octanol–water partition coefficient (Wildman–Crippen LogP) is 1.78. The molecule has 0 heterocycles. The van der Waals surface area contributed by atoms with Crippen molar-refractivity contribution in [1.29, 1.82) is 0 Å². The number of carbonyl (C=O) groups excluding carboxylic acids is 1. The van der Waals surface area contributed by atoms with Gasteiger partial charge in [0.15, 0.2) is 11.5 Å². The summed E-state index contributed by atoms with van der Waals surface area (Å²) in [7, 11) is 1.45. The van der Waals surface area contributed by atoms with Crippen LogP contribution in [0.25, 0.3) is 0 Å². The Kier molecular flexibility index (Phi) is 7.16. The predicted molar refractivity (Wildman–Crippen MR) is 70.1 cm³/mol. The highest BCUT2D eigenvalue weighted by molar-refractivity contribution is 5.85. The third-order valence-electron chi connectivity index (χ3n) is 2.34. The number of nitrogens with two attached hydrogens (primary N) is 1. The topological polar surface area (TPSA) is 81.8 Å². The van der Waals surface area contributed by atoms with Crippen molar-refractivity contribution >= 4 is 18.4 Å². The summed E-state index contributed by atoms with van der Waals surface area (Å²) in [6, 6.07) is 4.38. The van der Waals surface area contributed by atoms with Crippen molar-refractivity contribution in [2.75, 3.05) is 13.7 Å². The highest BCUT2D eigenvalue weighted by Crippen LogP contribution is 2.33. The van der Waals surface area contributed by atoms with Crippen molar-refractivity contribution in [2.24, 2.45) is 5.73 Å². The molecule has 18 heavy (non-hydrogen) atoms. The molecule has 0 fully saturated rings. The van der Waals surface area contributed by atoms with Crippen LogP contribution >= 0.6 is 12.4 Å². The van der Waals surface area contributed by atoms with Gasteiger partial charge in [-0.3, -0.25) is 4.79 Å². The summed E-state index contributed by atoms with van der Waals surface area (Å²) >= 11 is 0. The highest BCUT2D eigenvalue weighted by Gasteiger charge is 2.17. The largest absolute Gasteiger partial charge is 0.504 e. The first kappa shape index (κ1) is 16.5.